The summed E-state index contributed by atoms with van der Waals surface area (Å²) in [5.74, 6) is 0.143. The molecule has 0 aliphatic carbocycles. The highest BCUT2D eigenvalue weighted by Gasteiger charge is 2.21. The second-order valence-electron chi connectivity index (χ2n) is 7.35. The zero-order chi connectivity index (χ0) is 23.4. The molecule has 10 heteroatoms. The Morgan fingerprint density at radius 3 is 2.76 bits per heavy atom. The maximum atomic E-state index is 15.1. The lowest BCUT2D eigenvalue weighted by atomic mass is 10.1. The number of ether oxygens (including phenoxy) is 1. The number of nitriles is 1. The number of nitrogens with one attached hydrogen (secondary N) is 1. The molecule has 4 aromatic rings. The number of nitrogen functional groups attached to an aromatic ring is 1. The number of fused-ring (bicyclic) bond motifs is 1. The van der Waals surface area contributed by atoms with E-state index in [4.69, 9.17) is 15.7 Å². The first kappa shape index (κ1) is 21.7. The summed E-state index contributed by atoms with van der Waals surface area (Å²) in [6, 6.07) is 15.0. The molecule has 33 heavy (non-hydrogen) atoms. The van der Waals surface area contributed by atoms with Gasteiger partial charge in [0.15, 0.2) is 5.65 Å². The van der Waals surface area contributed by atoms with Crippen LogP contribution in [0.25, 0.3) is 22.3 Å². The van der Waals surface area contributed by atoms with Crippen LogP contribution in [0.2, 0.25) is 0 Å². The average molecular weight is 445 g/mol. The standard InChI is InChI=1S/C23H20FN7O2/c1-14(29-19(32)9-10-25)12-31-23-20(22(26)27-13-28-23)21(30-31)17-8-7-16(11-18(17)24)33-15-5-3-2-4-6-15/h2-8,11,13-14H,9,12H2,1H3,(H,29,32)(H2,26,27,28)/t14-/m0/s1. The lowest BCUT2D eigenvalue weighted by Gasteiger charge is -2.13. The van der Waals surface area contributed by atoms with Crippen LogP contribution < -0.4 is 15.8 Å². The average Bonchev–Trinajstić information content (AvgIpc) is 3.14. The normalized spacial score (nSPS) is 11.7. The summed E-state index contributed by atoms with van der Waals surface area (Å²) in [5, 5.41) is 16.3. The second-order valence-corrected chi connectivity index (χ2v) is 7.35. The van der Waals surface area contributed by atoms with E-state index >= 15 is 4.39 Å². The van der Waals surface area contributed by atoms with Crippen molar-refractivity contribution in [3.8, 4) is 28.8 Å². The maximum Gasteiger partial charge on any atom is 0.234 e. The van der Waals surface area contributed by atoms with Gasteiger partial charge in [0.25, 0.3) is 0 Å². The maximum absolute atomic E-state index is 15.1. The highest BCUT2D eigenvalue weighted by atomic mass is 19.1. The van der Waals surface area contributed by atoms with Crippen molar-refractivity contribution in [3.63, 3.8) is 0 Å². The molecule has 0 saturated heterocycles. The van der Waals surface area contributed by atoms with Crippen LogP contribution in [0.3, 0.4) is 0 Å². The molecule has 1 amide bonds. The third kappa shape index (κ3) is 4.72. The van der Waals surface area contributed by atoms with Gasteiger partial charge < -0.3 is 15.8 Å². The minimum Gasteiger partial charge on any atom is -0.457 e. The Hall–Kier alpha value is -4.52. The Kier molecular flexibility index (Phi) is 6.13. The molecule has 0 bridgehead atoms. The zero-order valence-electron chi connectivity index (χ0n) is 17.7. The number of carbonyl (C=O) groups is 1. The number of nitrogens with zero attached hydrogens (tertiary/aromatic N) is 5. The topological polar surface area (TPSA) is 132 Å². The highest BCUT2D eigenvalue weighted by Crippen LogP contribution is 2.34. The molecule has 2 aromatic heterocycles. The molecule has 0 unspecified atom stereocenters. The van der Waals surface area contributed by atoms with Crippen LogP contribution in [0.15, 0.2) is 54.9 Å². The van der Waals surface area contributed by atoms with Crippen molar-refractivity contribution in [3.05, 3.63) is 60.7 Å². The monoisotopic (exact) mass is 445 g/mol. The fraction of sp³-hybridized carbons (Fsp3) is 0.174. The predicted octanol–water partition coefficient (Wildman–Crippen LogP) is 3.43. The van der Waals surface area contributed by atoms with Gasteiger partial charge in [0.05, 0.1) is 18.0 Å². The van der Waals surface area contributed by atoms with E-state index in [0.717, 1.165) is 0 Å². The predicted molar refractivity (Wildman–Crippen MR) is 119 cm³/mol. The first-order valence-corrected chi connectivity index (χ1v) is 10.1. The van der Waals surface area contributed by atoms with Crippen LogP contribution in [0, 0.1) is 17.1 Å². The van der Waals surface area contributed by atoms with Gasteiger partial charge >= 0.3 is 0 Å². The molecule has 0 aliphatic rings. The first-order valence-electron chi connectivity index (χ1n) is 10.1. The van der Waals surface area contributed by atoms with E-state index in [1.807, 2.05) is 18.2 Å². The van der Waals surface area contributed by atoms with Gasteiger partial charge in [-0.05, 0) is 31.2 Å². The van der Waals surface area contributed by atoms with Gasteiger partial charge in [-0.3, -0.25) is 4.79 Å². The smallest absolute Gasteiger partial charge is 0.234 e. The number of hydrogen-bond acceptors (Lipinski definition) is 7. The van der Waals surface area contributed by atoms with Crippen LogP contribution >= 0.6 is 0 Å². The Bertz CT molecular complexity index is 1350. The molecule has 0 saturated carbocycles. The van der Waals surface area contributed by atoms with Crippen molar-refractivity contribution < 1.29 is 13.9 Å². The van der Waals surface area contributed by atoms with Gasteiger partial charge in [-0.15, -0.1) is 0 Å². The van der Waals surface area contributed by atoms with Crippen molar-refractivity contribution in [2.75, 3.05) is 5.73 Å². The Morgan fingerprint density at radius 1 is 1.24 bits per heavy atom. The summed E-state index contributed by atoms with van der Waals surface area (Å²) >= 11 is 0. The Labute approximate surface area is 188 Å². The minimum absolute atomic E-state index is 0.159. The van der Waals surface area contributed by atoms with E-state index in [2.05, 4.69) is 20.4 Å². The second kappa shape index (κ2) is 9.32. The molecule has 2 aromatic carbocycles. The van der Waals surface area contributed by atoms with E-state index in [1.54, 1.807) is 37.3 Å². The molecule has 166 valence electrons. The number of benzene rings is 2. The van der Waals surface area contributed by atoms with Gasteiger partial charge in [-0.25, -0.2) is 19.0 Å². The number of aromatic nitrogens is 4. The lowest BCUT2D eigenvalue weighted by molar-refractivity contribution is -0.120. The molecular formula is C23H20FN7O2. The summed E-state index contributed by atoms with van der Waals surface area (Å²) in [6.07, 6.45) is 1.05. The minimum atomic E-state index is -0.548. The summed E-state index contributed by atoms with van der Waals surface area (Å²) in [7, 11) is 0. The molecule has 0 spiro atoms. The van der Waals surface area contributed by atoms with Crippen molar-refractivity contribution >= 4 is 22.8 Å². The lowest BCUT2D eigenvalue weighted by Crippen LogP contribution is -2.35. The third-order valence-corrected chi connectivity index (χ3v) is 4.83. The number of hydrogen-bond donors (Lipinski definition) is 2. The zero-order valence-corrected chi connectivity index (χ0v) is 17.7. The molecule has 2 heterocycles. The van der Waals surface area contributed by atoms with Crippen molar-refractivity contribution in [1.82, 2.24) is 25.1 Å². The highest BCUT2D eigenvalue weighted by molar-refractivity contribution is 5.98. The summed E-state index contributed by atoms with van der Waals surface area (Å²) in [5.41, 5.74) is 6.98. The van der Waals surface area contributed by atoms with Gasteiger partial charge in [0.1, 0.15) is 41.6 Å². The molecule has 0 aliphatic heterocycles. The fourth-order valence-corrected chi connectivity index (χ4v) is 3.42. The summed E-state index contributed by atoms with van der Waals surface area (Å²) in [6.45, 7) is 2.00. The summed E-state index contributed by atoms with van der Waals surface area (Å²) < 4.78 is 22.4. The van der Waals surface area contributed by atoms with Crippen LogP contribution in [-0.4, -0.2) is 31.7 Å². The number of anilines is 1. The number of carbonyl (C=O) groups excluding carboxylic acids is 1. The van der Waals surface area contributed by atoms with Gasteiger partial charge in [-0.2, -0.15) is 10.4 Å². The Morgan fingerprint density at radius 2 is 2.03 bits per heavy atom. The molecule has 9 nitrogen and oxygen atoms in total. The van der Waals surface area contributed by atoms with Crippen LogP contribution in [0.1, 0.15) is 13.3 Å². The van der Waals surface area contributed by atoms with Crippen molar-refractivity contribution in [2.45, 2.75) is 25.9 Å². The van der Waals surface area contributed by atoms with Gasteiger partial charge in [0, 0.05) is 17.7 Å². The molecular weight excluding hydrogens is 425 g/mol. The molecule has 4 rings (SSSR count). The molecule has 0 fully saturated rings. The molecule has 3 N–H and O–H groups in total. The van der Waals surface area contributed by atoms with Crippen LogP contribution in [0.5, 0.6) is 11.5 Å². The third-order valence-electron chi connectivity index (χ3n) is 4.83. The van der Waals surface area contributed by atoms with E-state index in [1.165, 1.54) is 17.1 Å². The largest absolute Gasteiger partial charge is 0.457 e. The van der Waals surface area contributed by atoms with E-state index in [9.17, 15) is 4.79 Å². The number of nitrogens with two attached hydrogens (primary N) is 1. The van der Waals surface area contributed by atoms with E-state index < -0.39 is 11.7 Å². The van der Waals surface area contributed by atoms with E-state index in [0.29, 0.717) is 22.5 Å². The quantitative estimate of drug-likeness (QED) is 0.445. The van der Waals surface area contributed by atoms with Gasteiger partial charge in [-0.1, -0.05) is 18.2 Å². The van der Waals surface area contributed by atoms with Gasteiger partial charge in [0.2, 0.25) is 5.91 Å². The van der Waals surface area contributed by atoms with Crippen LogP contribution in [-0.2, 0) is 11.3 Å². The molecule has 1 atom stereocenters. The van der Waals surface area contributed by atoms with Crippen molar-refractivity contribution in [2.24, 2.45) is 0 Å². The van der Waals surface area contributed by atoms with Crippen LogP contribution in [0.4, 0.5) is 10.2 Å². The number of rotatable bonds is 7. The number of amides is 1. The number of para-hydroxylation sites is 1. The van der Waals surface area contributed by atoms with E-state index in [-0.39, 0.29) is 36.1 Å². The van der Waals surface area contributed by atoms with Crippen molar-refractivity contribution in [1.29, 1.82) is 5.26 Å². The SMILES string of the molecule is C[C@@H](Cn1nc(-c2ccc(Oc3ccccc3)cc2F)c2c(N)ncnc21)NC(=O)CC#N. The first-order chi connectivity index (χ1) is 16.0. The molecule has 0 radical (unpaired) electrons. The summed E-state index contributed by atoms with van der Waals surface area (Å²) in [4.78, 5) is 20.0. The fourth-order valence-electron chi connectivity index (χ4n) is 3.42. The Balaban J connectivity index is 1.68. The number of halogens is 1.